The lowest BCUT2D eigenvalue weighted by Gasteiger charge is -2.06. The molecule has 3 N–H and O–H groups in total. The SMILES string of the molecule is Cn1cnc(S(=O)(=O)NCc2ccc(C(N)=O)cc2)c1Cl. The van der Waals surface area contributed by atoms with E-state index < -0.39 is 15.9 Å². The van der Waals surface area contributed by atoms with E-state index in [1.807, 2.05) is 0 Å². The number of aryl methyl sites for hydroxylation is 1. The lowest BCUT2D eigenvalue weighted by Crippen LogP contribution is -2.24. The zero-order chi connectivity index (χ0) is 15.6. The lowest BCUT2D eigenvalue weighted by atomic mass is 10.1. The molecule has 2 rings (SSSR count). The molecule has 9 heteroatoms. The number of benzene rings is 1. The van der Waals surface area contributed by atoms with E-state index in [2.05, 4.69) is 9.71 Å². The molecule has 2 aromatic rings. The summed E-state index contributed by atoms with van der Waals surface area (Å²) in [4.78, 5) is 14.7. The van der Waals surface area contributed by atoms with E-state index in [9.17, 15) is 13.2 Å². The number of nitrogens with zero attached hydrogens (tertiary/aromatic N) is 2. The van der Waals surface area contributed by atoms with E-state index >= 15 is 0 Å². The minimum Gasteiger partial charge on any atom is -0.366 e. The van der Waals surface area contributed by atoms with Gasteiger partial charge in [0.15, 0.2) is 0 Å². The number of nitrogens with one attached hydrogen (secondary N) is 1. The van der Waals surface area contributed by atoms with Gasteiger partial charge in [0.05, 0.1) is 6.33 Å². The van der Waals surface area contributed by atoms with Gasteiger partial charge in [-0.2, -0.15) is 0 Å². The number of sulfonamides is 1. The highest BCUT2D eigenvalue weighted by Gasteiger charge is 2.21. The smallest absolute Gasteiger partial charge is 0.261 e. The first-order chi connectivity index (χ1) is 9.81. The molecule has 0 aliphatic heterocycles. The molecule has 0 radical (unpaired) electrons. The maximum atomic E-state index is 12.1. The topological polar surface area (TPSA) is 107 Å². The van der Waals surface area contributed by atoms with Crippen LogP contribution in [0.15, 0.2) is 35.6 Å². The minimum absolute atomic E-state index is 0.0339. The normalized spacial score (nSPS) is 11.5. The fourth-order valence-electron chi connectivity index (χ4n) is 1.61. The largest absolute Gasteiger partial charge is 0.366 e. The number of aromatic nitrogens is 2. The molecule has 0 aliphatic rings. The van der Waals surface area contributed by atoms with Gasteiger partial charge in [-0.25, -0.2) is 18.1 Å². The first-order valence-electron chi connectivity index (χ1n) is 5.86. The summed E-state index contributed by atoms with van der Waals surface area (Å²) >= 11 is 5.86. The number of imidazole rings is 1. The average molecular weight is 329 g/mol. The third kappa shape index (κ3) is 3.41. The van der Waals surface area contributed by atoms with Crippen molar-refractivity contribution in [1.82, 2.24) is 14.3 Å². The number of carbonyl (C=O) groups is 1. The molecule has 0 saturated carbocycles. The molecule has 1 heterocycles. The van der Waals surface area contributed by atoms with Crippen LogP contribution >= 0.6 is 11.6 Å². The molecule has 1 aromatic carbocycles. The van der Waals surface area contributed by atoms with Gasteiger partial charge in [-0.05, 0) is 17.7 Å². The van der Waals surface area contributed by atoms with Crippen LogP contribution in [0.4, 0.5) is 0 Å². The first-order valence-corrected chi connectivity index (χ1v) is 7.72. The van der Waals surface area contributed by atoms with Gasteiger partial charge in [0.1, 0.15) is 5.15 Å². The number of primary amides is 1. The number of amides is 1. The number of rotatable bonds is 5. The lowest BCUT2D eigenvalue weighted by molar-refractivity contribution is 0.100. The van der Waals surface area contributed by atoms with E-state index in [0.29, 0.717) is 11.1 Å². The molecule has 7 nitrogen and oxygen atoms in total. The highest BCUT2D eigenvalue weighted by Crippen LogP contribution is 2.18. The summed E-state index contributed by atoms with van der Waals surface area (Å²) in [6.07, 6.45) is 1.32. The van der Waals surface area contributed by atoms with Crippen molar-refractivity contribution in [2.45, 2.75) is 11.6 Å². The zero-order valence-corrected chi connectivity index (χ0v) is 12.6. The first kappa shape index (κ1) is 15.5. The summed E-state index contributed by atoms with van der Waals surface area (Å²) in [5, 5.41) is -0.188. The second-order valence-electron chi connectivity index (χ2n) is 4.34. The van der Waals surface area contributed by atoms with E-state index in [4.69, 9.17) is 17.3 Å². The Hall–Kier alpha value is -1.90. The van der Waals surface area contributed by atoms with Gasteiger partial charge in [0.25, 0.3) is 10.0 Å². The van der Waals surface area contributed by atoms with Crippen LogP contribution in [0.1, 0.15) is 15.9 Å². The summed E-state index contributed by atoms with van der Waals surface area (Å²) in [5.41, 5.74) is 6.16. The standard InChI is InChI=1S/C12H13ClN4O3S/c1-17-7-15-12(10(17)13)21(19,20)16-6-8-2-4-9(5-3-8)11(14)18/h2-5,7,16H,6H2,1H3,(H2,14,18). The second-order valence-corrected chi connectivity index (χ2v) is 6.38. The minimum atomic E-state index is -3.80. The molecular weight excluding hydrogens is 316 g/mol. The van der Waals surface area contributed by atoms with Crippen LogP contribution in [-0.2, 0) is 23.6 Å². The average Bonchev–Trinajstić information content (AvgIpc) is 2.78. The molecule has 0 saturated heterocycles. The van der Waals surface area contributed by atoms with Crippen molar-refractivity contribution < 1.29 is 13.2 Å². The van der Waals surface area contributed by atoms with Crippen LogP contribution in [0.25, 0.3) is 0 Å². The van der Waals surface area contributed by atoms with Crippen molar-refractivity contribution >= 4 is 27.5 Å². The molecule has 0 bridgehead atoms. The molecule has 21 heavy (non-hydrogen) atoms. The molecule has 1 amide bonds. The van der Waals surface area contributed by atoms with E-state index in [-0.39, 0.29) is 16.7 Å². The van der Waals surface area contributed by atoms with Crippen LogP contribution < -0.4 is 10.5 Å². The predicted molar refractivity (Wildman–Crippen MR) is 77.2 cm³/mol. The highest BCUT2D eigenvalue weighted by molar-refractivity contribution is 7.89. The van der Waals surface area contributed by atoms with Gasteiger partial charge in [0.2, 0.25) is 10.9 Å². The fraction of sp³-hybridized carbons (Fsp3) is 0.167. The van der Waals surface area contributed by atoms with Crippen molar-refractivity contribution in [1.29, 1.82) is 0 Å². The van der Waals surface area contributed by atoms with Crippen molar-refractivity contribution in [2.24, 2.45) is 12.8 Å². The molecule has 0 fully saturated rings. The quantitative estimate of drug-likeness (QED) is 0.840. The summed E-state index contributed by atoms with van der Waals surface area (Å²) in [5.74, 6) is -0.539. The molecule has 1 aromatic heterocycles. The number of hydrogen-bond acceptors (Lipinski definition) is 4. The highest BCUT2D eigenvalue weighted by atomic mass is 35.5. The Morgan fingerprint density at radius 1 is 1.38 bits per heavy atom. The molecule has 112 valence electrons. The van der Waals surface area contributed by atoms with Gasteiger partial charge >= 0.3 is 0 Å². The number of hydrogen-bond donors (Lipinski definition) is 2. The van der Waals surface area contributed by atoms with Crippen molar-refractivity contribution in [3.8, 4) is 0 Å². The number of carbonyl (C=O) groups excluding carboxylic acids is 1. The van der Waals surface area contributed by atoms with Crippen LogP contribution in [0.3, 0.4) is 0 Å². The van der Waals surface area contributed by atoms with Gasteiger partial charge in [-0.1, -0.05) is 23.7 Å². The molecule has 0 unspecified atom stereocenters. The van der Waals surface area contributed by atoms with Crippen LogP contribution in [0, 0.1) is 0 Å². The van der Waals surface area contributed by atoms with Crippen molar-refractivity contribution in [3.05, 3.63) is 46.9 Å². The summed E-state index contributed by atoms with van der Waals surface area (Å²) < 4.78 is 27.9. The van der Waals surface area contributed by atoms with E-state index in [0.717, 1.165) is 0 Å². The third-order valence-electron chi connectivity index (χ3n) is 2.79. The molecular formula is C12H13ClN4O3S. The molecule has 0 atom stereocenters. The Balaban J connectivity index is 2.12. The Morgan fingerprint density at radius 2 is 2.00 bits per heavy atom. The van der Waals surface area contributed by atoms with Crippen molar-refractivity contribution in [2.75, 3.05) is 0 Å². The fourth-order valence-corrected chi connectivity index (χ4v) is 3.05. The number of halogens is 1. The monoisotopic (exact) mass is 328 g/mol. The van der Waals surface area contributed by atoms with E-state index in [1.165, 1.54) is 23.0 Å². The molecule has 0 aliphatic carbocycles. The van der Waals surface area contributed by atoms with Gasteiger partial charge in [-0.3, -0.25) is 4.79 Å². The second kappa shape index (κ2) is 5.84. The maximum Gasteiger partial charge on any atom is 0.261 e. The van der Waals surface area contributed by atoms with Gasteiger partial charge in [-0.15, -0.1) is 0 Å². The van der Waals surface area contributed by atoms with E-state index in [1.54, 1.807) is 19.2 Å². The van der Waals surface area contributed by atoms with Gasteiger partial charge < -0.3 is 10.3 Å². The summed E-state index contributed by atoms with van der Waals surface area (Å²) in [6.45, 7) is 0.0499. The number of nitrogens with two attached hydrogens (primary N) is 1. The summed E-state index contributed by atoms with van der Waals surface area (Å²) in [7, 11) is -2.21. The van der Waals surface area contributed by atoms with Crippen LogP contribution in [0.5, 0.6) is 0 Å². The van der Waals surface area contributed by atoms with Gasteiger partial charge in [0, 0.05) is 19.2 Å². The maximum absolute atomic E-state index is 12.1. The Bertz CT molecular complexity index is 768. The molecule has 0 spiro atoms. The van der Waals surface area contributed by atoms with Crippen LogP contribution in [0.2, 0.25) is 5.15 Å². The Labute approximate surface area is 126 Å². The Kier molecular flexibility index (Phi) is 4.31. The third-order valence-corrected chi connectivity index (χ3v) is 4.68. The Morgan fingerprint density at radius 3 is 2.48 bits per heavy atom. The van der Waals surface area contributed by atoms with Crippen molar-refractivity contribution in [3.63, 3.8) is 0 Å². The van der Waals surface area contributed by atoms with Crippen LogP contribution in [-0.4, -0.2) is 23.9 Å². The summed E-state index contributed by atoms with van der Waals surface area (Å²) in [6, 6.07) is 6.28. The predicted octanol–water partition coefficient (Wildman–Crippen LogP) is 0.651. The zero-order valence-electron chi connectivity index (χ0n) is 11.1.